The van der Waals surface area contributed by atoms with Crippen molar-refractivity contribution >= 4 is 17.2 Å². The fraction of sp³-hybridized carbons (Fsp3) is 0.588. The molecule has 8 heteroatoms. The fourth-order valence-electron chi connectivity index (χ4n) is 3.44. The normalized spacial score (nSPS) is 22.2. The van der Waals surface area contributed by atoms with Gasteiger partial charge in [0, 0.05) is 24.5 Å². The van der Waals surface area contributed by atoms with Crippen LogP contribution >= 0.6 is 11.3 Å². The van der Waals surface area contributed by atoms with Crippen LogP contribution in [0.3, 0.4) is 0 Å². The Kier molecular flexibility index (Phi) is 4.35. The summed E-state index contributed by atoms with van der Waals surface area (Å²) in [6.45, 7) is 6.12. The van der Waals surface area contributed by atoms with E-state index < -0.39 is 0 Å². The lowest BCUT2D eigenvalue weighted by Gasteiger charge is -2.52. The largest absolute Gasteiger partial charge is 0.372 e. The monoisotopic (exact) mass is 363 g/mol. The quantitative estimate of drug-likeness (QED) is 0.830. The third-order valence-corrected chi connectivity index (χ3v) is 5.49. The van der Waals surface area contributed by atoms with Crippen molar-refractivity contribution in [2.24, 2.45) is 0 Å². The van der Waals surface area contributed by atoms with Crippen molar-refractivity contribution in [1.82, 2.24) is 15.0 Å². The van der Waals surface area contributed by atoms with Gasteiger partial charge < -0.3 is 18.9 Å². The first-order valence-electron chi connectivity index (χ1n) is 8.42. The van der Waals surface area contributed by atoms with Gasteiger partial charge in [-0.15, -0.1) is 11.3 Å². The van der Waals surface area contributed by atoms with Crippen LogP contribution in [0.4, 0.5) is 0 Å². The molecule has 2 fully saturated rings. The number of nitrogens with zero attached hydrogens (tertiary/aromatic N) is 3. The van der Waals surface area contributed by atoms with Crippen LogP contribution in [0.2, 0.25) is 0 Å². The zero-order valence-electron chi connectivity index (χ0n) is 14.4. The summed E-state index contributed by atoms with van der Waals surface area (Å²) in [7, 11) is 0. The molecule has 2 saturated heterocycles. The molecule has 4 rings (SSSR count). The van der Waals surface area contributed by atoms with E-state index in [4.69, 9.17) is 14.0 Å². The molecule has 1 unspecified atom stereocenters. The number of ether oxygens (including phenoxy) is 2. The highest BCUT2D eigenvalue weighted by Crippen LogP contribution is 2.36. The second-order valence-corrected chi connectivity index (χ2v) is 7.87. The first kappa shape index (κ1) is 16.7. The van der Waals surface area contributed by atoms with Gasteiger partial charge in [-0.25, -0.2) is 4.98 Å². The standard InChI is InChI=1S/C17H21N3O4S/c1-11-5-15(24-19-11)16(21)20-9-17(10-20)6-14(3-4-23-17)22-7-13-8-25-12(2)18-13/h5,8,14H,3-4,6-7,9-10H2,1-2H3. The number of hydrogen-bond acceptors (Lipinski definition) is 7. The zero-order chi connectivity index (χ0) is 17.4. The Labute approximate surface area is 149 Å². The maximum Gasteiger partial charge on any atom is 0.292 e. The van der Waals surface area contributed by atoms with Crippen LogP contribution in [-0.4, -0.2) is 52.3 Å². The molecule has 1 atom stereocenters. The van der Waals surface area contributed by atoms with Gasteiger partial charge in [-0.3, -0.25) is 4.79 Å². The summed E-state index contributed by atoms with van der Waals surface area (Å²) in [5, 5.41) is 6.86. The first-order chi connectivity index (χ1) is 12.0. The van der Waals surface area contributed by atoms with Gasteiger partial charge in [0.1, 0.15) is 5.60 Å². The molecule has 2 aromatic heterocycles. The SMILES string of the molecule is Cc1cc(C(=O)N2CC3(CC(OCc4csc(C)n4)CCO3)C2)on1. The number of rotatable bonds is 4. The van der Waals surface area contributed by atoms with E-state index in [-0.39, 0.29) is 23.4 Å². The minimum absolute atomic E-state index is 0.129. The summed E-state index contributed by atoms with van der Waals surface area (Å²) in [6.07, 6.45) is 1.82. The molecule has 0 aromatic carbocycles. The number of aryl methyl sites for hydroxylation is 2. The second kappa shape index (κ2) is 6.51. The molecule has 0 aliphatic carbocycles. The lowest BCUT2D eigenvalue weighted by Crippen LogP contribution is -2.67. The lowest BCUT2D eigenvalue weighted by atomic mass is 9.84. The molecule has 0 N–H and O–H groups in total. The van der Waals surface area contributed by atoms with Gasteiger partial charge in [0.15, 0.2) is 0 Å². The van der Waals surface area contributed by atoms with Crippen LogP contribution in [0.25, 0.3) is 0 Å². The van der Waals surface area contributed by atoms with Gasteiger partial charge >= 0.3 is 0 Å². The minimum Gasteiger partial charge on any atom is -0.372 e. The Morgan fingerprint density at radius 2 is 2.32 bits per heavy atom. The van der Waals surface area contributed by atoms with E-state index in [0.717, 1.165) is 23.5 Å². The topological polar surface area (TPSA) is 77.7 Å². The molecule has 0 radical (unpaired) electrons. The summed E-state index contributed by atoms with van der Waals surface area (Å²) < 4.78 is 17.1. The van der Waals surface area contributed by atoms with E-state index in [0.29, 0.717) is 32.0 Å². The fourth-order valence-corrected chi connectivity index (χ4v) is 4.03. The Bertz CT molecular complexity index is 766. The number of carbonyl (C=O) groups excluding carboxylic acids is 1. The minimum atomic E-state index is -0.286. The number of amides is 1. The average Bonchev–Trinajstić information content (AvgIpc) is 3.18. The van der Waals surface area contributed by atoms with Crippen molar-refractivity contribution in [3.8, 4) is 0 Å². The Balaban J connectivity index is 1.30. The van der Waals surface area contributed by atoms with Gasteiger partial charge in [0.05, 0.1) is 42.2 Å². The van der Waals surface area contributed by atoms with Crippen LogP contribution in [-0.2, 0) is 16.1 Å². The maximum atomic E-state index is 12.4. The lowest BCUT2D eigenvalue weighted by molar-refractivity contribution is -0.188. The second-order valence-electron chi connectivity index (χ2n) is 6.81. The van der Waals surface area contributed by atoms with Crippen molar-refractivity contribution in [3.05, 3.63) is 33.6 Å². The van der Waals surface area contributed by atoms with Gasteiger partial charge in [0.2, 0.25) is 5.76 Å². The number of thiazole rings is 1. The molecule has 2 aliphatic rings. The molecule has 25 heavy (non-hydrogen) atoms. The smallest absolute Gasteiger partial charge is 0.292 e. The maximum absolute atomic E-state index is 12.4. The molecule has 1 spiro atoms. The van der Waals surface area contributed by atoms with Crippen LogP contribution in [0, 0.1) is 13.8 Å². The molecule has 4 heterocycles. The van der Waals surface area contributed by atoms with Gasteiger partial charge in [-0.1, -0.05) is 5.16 Å². The number of carbonyl (C=O) groups is 1. The third kappa shape index (κ3) is 3.47. The highest BCUT2D eigenvalue weighted by Gasteiger charge is 2.50. The average molecular weight is 363 g/mol. The Morgan fingerprint density at radius 3 is 3.00 bits per heavy atom. The molecular weight excluding hydrogens is 342 g/mol. The Morgan fingerprint density at radius 1 is 1.48 bits per heavy atom. The highest BCUT2D eigenvalue weighted by atomic mass is 32.1. The summed E-state index contributed by atoms with van der Waals surface area (Å²) in [5.74, 6) is 0.158. The molecular formula is C17H21N3O4S. The van der Waals surface area contributed by atoms with Crippen LogP contribution < -0.4 is 0 Å². The Hall–Kier alpha value is -1.77. The predicted octanol–water partition coefficient (Wildman–Crippen LogP) is 2.34. The van der Waals surface area contributed by atoms with Gasteiger partial charge in [-0.05, 0) is 20.3 Å². The molecule has 7 nitrogen and oxygen atoms in total. The molecule has 2 aromatic rings. The highest BCUT2D eigenvalue weighted by molar-refractivity contribution is 7.09. The number of aromatic nitrogens is 2. The van der Waals surface area contributed by atoms with E-state index >= 15 is 0 Å². The molecule has 0 bridgehead atoms. The number of hydrogen-bond donors (Lipinski definition) is 0. The summed E-state index contributed by atoms with van der Waals surface area (Å²) in [5.41, 5.74) is 1.40. The van der Waals surface area contributed by atoms with Crippen molar-refractivity contribution in [1.29, 1.82) is 0 Å². The molecule has 2 aliphatic heterocycles. The predicted molar refractivity (Wildman–Crippen MR) is 90.5 cm³/mol. The van der Waals surface area contributed by atoms with Crippen molar-refractivity contribution < 1.29 is 18.8 Å². The van der Waals surface area contributed by atoms with Crippen LogP contribution in [0.5, 0.6) is 0 Å². The van der Waals surface area contributed by atoms with E-state index in [2.05, 4.69) is 10.1 Å². The van der Waals surface area contributed by atoms with E-state index in [1.807, 2.05) is 12.3 Å². The number of likely N-dealkylation sites (tertiary alicyclic amines) is 1. The van der Waals surface area contributed by atoms with Crippen LogP contribution in [0.1, 0.15) is 39.8 Å². The van der Waals surface area contributed by atoms with Crippen molar-refractivity contribution in [2.45, 2.75) is 45.0 Å². The van der Waals surface area contributed by atoms with E-state index in [9.17, 15) is 4.79 Å². The molecule has 0 saturated carbocycles. The van der Waals surface area contributed by atoms with Gasteiger partial charge in [-0.2, -0.15) is 0 Å². The molecule has 134 valence electrons. The van der Waals surface area contributed by atoms with Crippen LogP contribution in [0.15, 0.2) is 16.0 Å². The zero-order valence-corrected chi connectivity index (χ0v) is 15.2. The molecule has 1 amide bonds. The van der Waals surface area contributed by atoms with Crippen molar-refractivity contribution in [2.75, 3.05) is 19.7 Å². The first-order valence-corrected chi connectivity index (χ1v) is 9.30. The third-order valence-electron chi connectivity index (χ3n) is 4.67. The summed E-state index contributed by atoms with van der Waals surface area (Å²) >= 11 is 1.64. The van der Waals surface area contributed by atoms with E-state index in [1.54, 1.807) is 29.2 Å². The van der Waals surface area contributed by atoms with Gasteiger partial charge in [0.25, 0.3) is 5.91 Å². The summed E-state index contributed by atoms with van der Waals surface area (Å²) in [4.78, 5) is 18.5. The summed E-state index contributed by atoms with van der Waals surface area (Å²) in [6, 6.07) is 1.66. The van der Waals surface area contributed by atoms with E-state index in [1.165, 1.54) is 0 Å². The van der Waals surface area contributed by atoms with Crippen molar-refractivity contribution in [3.63, 3.8) is 0 Å².